The zero-order valence-electron chi connectivity index (χ0n) is 9.52. The summed E-state index contributed by atoms with van der Waals surface area (Å²) in [6, 6.07) is 10.0. The van der Waals surface area contributed by atoms with Crippen molar-refractivity contribution >= 4 is 11.7 Å². The molecule has 0 saturated carbocycles. The number of hydrogen-bond acceptors (Lipinski definition) is 2. The zero-order valence-corrected chi connectivity index (χ0v) is 9.52. The Balaban J connectivity index is 1.98. The van der Waals surface area contributed by atoms with Gasteiger partial charge in [-0.15, -0.1) is 0 Å². The second-order valence-electron chi connectivity index (χ2n) is 4.49. The number of primary amides is 1. The standard InChI is InChI=1S/C13H15N3O/c14-13(17)11-5-2-8-16(11)12-7-6-9-3-1-4-10(9)15-12/h1,3-4,6-7,11,15H,2,5,8H2,(H2,14,17). The van der Waals surface area contributed by atoms with Gasteiger partial charge in [-0.2, -0.15) is 0 Å². The quantitative estimate of drug-likeness (QED) is 0.821. The first-order valence-corrected chi connectivity index (χ1v) is 5.89. The van der Waals surface area contributed by atoms with Gasteiger partial charge in [0.25, 0.3) is 0 Å². The van der Waals surface area contributed by atoms with Crippen LogP contribution in [0.15, 0.2) is 30.3 Å². The predicted octanol–water partition coefficient (Wildman–Crippen LogP) is 1.57. The van der Waals surface area contributed by atoms with Crippen LogP contribution in [-0.4, -0.2) is 23.5 Å². The summed E-state index contributed by atoms with van der Waals surface area (Å²) in [5.41, 5.74) is 7.70. The van der Waals surface area contributed by atoms with Crippen LogP contribution in [-0.2, 0) is 4.79 Å². The Hall–Kier alpha value is -1.97. The van der Waals surface area contributed by atoms with E-state index in [1.54, 1.807) is 0 Å². The Kier molecular flexibility index (Phi) is 2.28. The number of amides is 1. The van der Waals surface area contributed by atoms with Gasteiger partial charge in [-0.3, -0.25) is 4.79 Å². The first kappa shape index (κ1) is 10.2. The van der Waals surface area contributed by atoms with Gasteiger partial charge in [-0.25, -0.2) is 0 Å². The average molecular weight is 229 g/mol. The van der Waals surface area contributed by atoms with Crippen molar-refractivity contribution in [3.63, 3.8) is 0 Å². The minimum Gasteiger partial charge on any atom is -0.368 e. The molecule has 0 spiro atoms. The monoisotopic (exact) mass is 229 g/mol. The molecule has 1 amide bonds. The van der Waals surface area contributed by atoms with E-state index in [4.69, 9.17) is 5.73 Å². The lowest BCUT2D eigenvalue weighted by Crippen LogP contribution is -2.40. The molecule has 1 aliphatic carbocycles. The fourth-order valence-corrected chi connectivity index (χ4v) is 2.56. The molecule has 2 heterocycles. The molecule has 3 N–H and O–H groups in total. The molecule has 0 aromatic rings. The van der Waals surface area contributed by atoms with Crippen LogP contribution in [0.5, 0.6) is 0 Å². The van der Waals surface area contributed by atoms with Gasteiger partial charge in [-0.1, -0.05) is 12.1 Å². The number of rotatable bonds is 2. The van der Waals surface area contributed by atoms with E-state index in [9.17, 15) is 4.79 Å². The highest BCUT2D eigenvalue weighted by molar-refractivity contribution is 5.84. The van der Waals surface area contributed by atoms with Gasteiger partial charge in [0.05, 0.1) is 0 Å². The number of aromatic amines is 1. The summed E-state index contributed by atoms with van der Waals surface area (Å²) in [5, 5.41) is 0. The maximum absolute atomic E-state index is 11.4. The molecule has 3 rings (SSSR count). The van der Waals surface area contributed by atoms with E-state index in [0.717, 1.165) is 30.9 Å². The summed E-state index contributed by atoms with van der Waals surface area (Å²) in [7, 11) is 0. The average Bonchev–Trinajstić information content (AvgIpc) is 2.96. The number of aromatic nitrogens is 1. The number of nitrogens with two attached hydrogens (primary N) is 1. The van der Waals surface area contributed by atoms with Crippen LogP contribution in [0.3, 0.4) is 0 Å². The largest absolute Gasteiger partial charge is 0.368 e. The first-order chi connectivity index (χ1) is 8.25. The highest BCUT2D eigenvalue weighted by Gasteiger charge is 2.29. The van der Waals surface area contributed by atoms with Gasteiger partial charge in [-0.05, 0) is 36.6 Å². The number of carbonyl (C=O) groups excluding carboxylic acids is 1. The van der Waals surface area contributed by atoms with Gasteiger partial charge < -0.3 is 15.6 Å². The lowest BCUT2D eigenvalue weighted by molar-refractivity contribution is -0.119. The predicted molar refractivity (Wildman–Crippen MR) is 67.0 cm³/mol. The van der Waals surface area contributed by atoms with Crippen LogP contribution in [0.4, 0.5) is 5.82 Å². The van der Waals surface area contributed by atoms with Crippen molar-refractivity contribution in [3.05, 3.63) is 30.3 Å². The van der Waals surface area contributed by atoms with E-state index in [1.807, 2.05) is 18.2 Å². The maximum Gasteiger partial charge on any atom is 0.240 e. The van der Waals surface area contributed by atoms with E-state index < -0.39 is 0 Å². The summed E-state index contributed by atoms with van der Waals surface area (Å²) >= 11 is 0. The molecule has 0 bridgehead atoms. The number of hydrogen-bond donors (Lipinski definition) is 2. The molecule has 1 unspecified atom stereocenters. The number of pyridine rings is 1. The molecule has 4 heteroatoms. The summed E-state index contributed by atoms with van der Waals surface area (Å²) in [6.07, 6.45) is 1.86. The molecule has 0 aromatic carbocycles. The molecule has 4 nitrogen and oxygen atoms in total. The molecule has 2 aliphatic heterocycles. The minimum atomic E-state index is -0.237. The third kappa shape index (κ3) is 1.65. The lowest BCUT2D eigenvalue weighted by Gasteiger charge is -2.24. The second-order valence-corrected chi connectivity index (χ2v) is 4.49. The number of nitrogens with one attached hydrogen (secondary N) is 1. The van der Waals surface area contributed by atoms with Crippen molar-refractivity contribution in [2.75, 3.05) is 11.4 Å². The zero-order chi connectivity index (χ0) is 11.8. The smallest absolute Gasteiger partial charge is 0.240 e. The van der Waals surface area contributed by atoms with Gasteiger partial charge in [0.15, 0.2) is 0 Å². The Bertz CT molecular complexity index is 519. The third-order valence-corrected chi connectivity index (χ3v) is 3.42. The Morgan fingerprint density at radius 1 is 1.35 bits per heavy atom. The molecule has 88 valence electrons. The van der Waals surface area contributed by atoms with Crippen molar-refractivity contribution in [1.29, 1.82) is 0 Å². The van der Waals surface area contributed by atoms with Crippen LogP contribution >= 0.6 is 0 Å². The number of nitrogens with zero attached hydrogens (tertiary/aromatic N) is 1. The molecule has 0 radical (unpaired) electrons. The maximum atomic E-state index is 11.4. The number of anilines is 1. The highest BCUT2D eigenvalue weighted by Crippen LogP contribution is 2.28. The van der Waals surface area contributed by atoms with E-state index in [-0.39, 0.29) is 11.9 Å². The third-order valence-electron chi connectivity index (χ3n) is 3.42. The number of carbonyl (C=O) groups is 1. The minimum absolute atomic E-state index is 0.168. The summed E-state index contributed by atoms with van der Waals surface area (Å²) in [6.45, 7) is 0.885. The molecule has 3 aliphatic rings. The van der Waals surface area contributed by atoms with Crippen molar-refractivity contribution < 1.29 is 4.79 Å². The number of H-pyrrole nitrogens is 1. The SMILES string of the molecule is NC(=O)C1CCCN1c1ccc2cccc-2[nH]1. The molecule has 0 aromatic heterocycles. The molecule has 1 fully saturated rings. The van der Waals surface area contributed by atoms with Crippen LogP contribution < -0.4 is 10.6 Å². The van der Waals surface area contributed by atoms with Gasteiger partial charge >= 0.3 is 0 Å². The van der Waals surface area contributed by atoms with E-state index in [0.29, 0.717) is 0 Å². The second kappa shape index (κ2) is 3.80. The van der Waals surface area contributed by atoms with Gasteiger partial charge in [0.1, 0.15) is 11.9 Å². The Morgan fingerprint density at radius 3 is 3.06 bits per heavy atom. The summed E-state index contributed by atoms with van der Waals surface area (Å²) in [4.78, 5) is 16.8. The van der Waals surface area contributed by atoms with E-state index in [2.05, 4.69) is 22.0 Å². The lowest BCUT2D eigenvalue weighted by atomic mass is 10.2. The van der Waals surface area contributed by atoms with Crippen LogP contribution in [0.25, 0.3) is 11.3 Å². The van der Waals surface area contributed by atoms with Crippen molar-refractivity contribution in [1.82, 2.24) is 4.98 Å². The fraction of sp³-hybridized carbons (Fsp3) is 0.308. The molecule has 1 atom stereocenters. The van der Waals surface area contributed by atoms with Crippen molar-refractivity contribution in [2.24, 2.45) is 5.73 Å². The van der Waals surface area contributed by atoms with Gasteiger partial charge in [0.2, 0.25) is 5.91 Å². The molecule has 1 saturated heterocycles. The number of fused-ring (bicyclic) bond motifs is 1. The molecular formula is C13H15N3O. The fourth-order valence-electron chi connectivity index (χ4n) is 2.56. The van der Waals surface area contributed by atoms with E-state index in [1.165, 1.54) is 5.56 Å². The first-order valence-electron chi connectivity index (χ1n) is 5.89. The van der Waals surface area contributed by atoms with E-state index >= 15 is 0 Å². The highest BCUT2D eigenvalue weighted by atomic mass is 16.1. The molecular weight excluding hydrogens is 214 g/mol. The Morgan fingerprint density at radius 2 is 2.24 bits per heavy atom. The topological polar surface area (TPSA) is 62.1 Å². The van der Waals surface area contributed by atoms with Crippen LogP contribution in [0.1, 0.15) is 12.8 Å². The normalized spacial score (nSPS) is 20.0. The van der Waals surface area contributed by atoms with Crippen LogP contribution in [0, 0.1) is 0 Å². The molecule has 17 heavy (non-hydrogen) atoms. The Labute approximate surface area is 99.8 Å². The van der Waals surface area contributed by atoms with Crippen molar-refractivity contribution in [2.45, 2.75) is 18.9 Å². The summed E-state index contributed by atoms with van der Waals surface area (Å²) < 4.78 is 0. The van der Waals surface area contributed by atoms with Crippen LogP contribution in [0.2, 0.25) is 0 Å². The summed E-state index contributed by atoms with van der Waals surface area (Å²) in [5.74, 6) is 0.739. The van der Waals surface area contributed by atoms with Gasteiger partial charge in [0, 0.05) is 12.2 Å². The van der Waals surface area contributed by atoms with Crippen molar-refractivity contribution in [3.8, 4) is 11.3 Å².